The van der Waals surface area contributed by atoms with Crippen molar-refractivity contribution >= 4 is 28.8 Å². The second kappa shape index (κ2) is 5.44. The first-order valence-corrected chi connectivity index (χ1v) is 6.15. The van der Waals surface area contributed by atoms with Crippen molar-refractivity contribution in [3.8, 4) is 0 Å². The monoisotopic (exact) mass is 279 g/mol. The maximum atomic E-state index is 10.9. The number of rotatable bonds is 5. The Bertz CT molecular complexity index is 612. The highest BCUT2D eigenvalue weighted by atomic mass is 32.1. The molecule has 0 aliphatic heterocycles. The maximum Gasteiger partial charge on any atom is 0.337 e. The molecule has 0 aliphatic carbocycles. The second-order valence-electron chi connectivity index (χ2n) is 3.64. The number of hydrogen-bond acceptors (Lipinski definition) is 6. The molecular weight excluding hydrogens is 270 g/mol. The topological polar surface area (TPSA) is 105 Å². The normalized spacial score (nSPS) is 10.1. The highest BCUT2D eigenvalue weighted by Gasteiger charge is 2.18. The minimum atomic E-state index is -1.25. The van der Waals surface area contributed by atoms with E-state index in [-0.39, 0.29) is 17.1 Å². The molecule has 0 bridgehead atoms. The molecular formula is C11H9N3O4S. The largest absolute Gasteiger partial charge is 0.478 e. The number of thiophene rings is 1. The molecule has 8 heteroatoms. The summed E-state index contributed by atoms with van der Waals surface area (Å²) in [6.07, 6.45) is 1.09. The van der Waals surface area contributed by atoms with Gasteiger partial charge in [-0.1, -0.05) is 0 Å². The first kappa shape index (κ1) is 13.0. The fraction of sp³-hybridized carbons (Fsp3) is 0.0909. The van der Waals surface area contributed by atoms with Gasteiger partial charge in [-0.2, -0.15) is 11.3 Å². The molecule has 0 unspecified atom stereocenters. The number of nitrogens with zero attached hydrogens (tertiary/aromatic N) is 2. The quantitative estimate of drug-likeness (QED) is 0.643. The predicted octanol–water partition coefficient (Wildman–Crippen LogP) is 2.36. The molecule has 0 fully saturated rings. The number of aromatic nitrogens is 1. The van der Waals surface area contributed by atoms with E-state index in [1.807, 2.05) is 16.8 Å². The molecule has 0 radical (unpaired) electrons. The molecule has 0 saturated heterocycles. The molecule has 2 aromatic rings. The number of pyridine rings is 1. The van der Waals surface area contributed by atoms with E-state index in [4.69, 9.17) is 5.11 Å². The molecule has 0 saturated carbocycles. The third-order valence-electron chi connectivity index (χ3n) is 2.35. The van der Waals surface area contributed by atoms with Crippen LogP contribution in [0.15, 0.2) is 29.1 Å². The highest BCUT2D eigenvalue weighted by Crippen LogP contribution is 2.23. The van der Waals surface area contributed by atoms with Gasteiger partial charge in [0.05, 0.1) is 10.5 Å². The van der Waals surface area contributed by atoms with Gasteiger partial charge in [0, 0.05) is 18.8 Å². The van der Waals surface area contributed by atoms with Crippen molar-refractivity contribution in [1.82, 2.24) is 4.98 Å². The summed E-state index contributed by atoms with van der Waals surface area (Å²) < 4.78 is 0. The lowest BCUT2D eigenvalue weighted by Crippen LogP contribution is -2.06. The van der Waals surface area contributed by atoms with Crippen molar-refractivity contribution in [3.63, 3.8) is 0 Å². The van der Waals surface area contributed by atoms with E-state index in [9.17, 15) is 14.9 Å². The van der Waals surface area contributed by atoms with Crippen LogP contribution in [0, 0.1) is 10.1 Å². The number of carboxylic acids is 1. The van der Waals surface area contributed by atoms with Gasteiger partial charge in [0.1, 0.15) is 0 Å². The van der Waals surface area contributed by atoms with Gasteiger partial charge in [-0.15, -0.1) is 0 Å². The summed E-state index contributed by atoms with van der Waals surface area (Å²) in [5.74, 6) is -1.19. The average Bonchev–Trinajstić information content (AvgIpc) is 2.89. The van der Waals surface area contributed by atoms with E-state index >= 15 is 0 Å². The molecule has 0 aromatic carbocycles. The van der Waals surface area contributed by atoms with Crippen LogP contribution >= 0.6 is 11.3 Å². The van der Waals surface area contributed by atoms with E-state index in [1.54, 1.807) is 0 Å². The second-order valence-corrected chi connectivity index (χ2v) is 4.42. The summed E-state index contributed by atoms with van der Waals surface area (Å²) >= 11 is 1.52. The molecule has 0 aliphatic rings. The van der Waals surface area contributed by atoms with Crippen LogP contribution in [0.25, 0.3) is 0 Å². The maximum absolute atomic E-state index is 10.9. The Kier molecular flexibility index (Phi) is 3.71. The van der Waals surface area contributed by atoms with Crippen LogP contribution < -0.4 is 5.32 Å². The van der Waals surface area contributed by atoms with Crippen molar-refractivity contribution in [1.29, 1.82) is 0 Å². The Labute approximate surface area is 111 Å². The van der Waals surface area contributed by atoms with Gasteiger partial charge in [0.15, 0.2) is 0 Å². The Morgan fingerprint density at radius 1 is 1.58 bits per heavy atom. The molecule has 0 amide bonds. The van der Waals surface area contributed by atoms with Gasteiger partial charge in [-0.05, 0) is 22.4 Å². The van der Waals surface area contributed by atoms with Crippen LogP contribution in [0.1, 0.15) is 15.9 Å². The third-order valence-corrected chi connectivity index (χ3v) is 3.08. The van der Waals surface area contributed by atoms with E-state index in [0.29, 0.717) is 6.54 Å². The molecule has 2 rings (SSSR count). The number of carbonyl (C=O) groups is 1. The predicted molar refractivity (Wildman–Crippen MR) is 69.5 cm³/mol. The first-order valence-electron chi connectivity index (χ1n) is 5.20. The minimum absolute atomic E-state index is 0.0567. The van der Waals surface area contributed by atoms with Crippen LogP contribution in [0.2, 0.25) is 0 Å². The van der Waals surface area contributed by atoms with Gasteiger partial charge in [0.2, 0.25) is 5.82 Å². The molecule has 7 nitrogen and oxygen atoms in total. The summed E-state index contributed by atoms with van der Waals surface area (Å²) in [6, 6.07) is 2.88. The van der Waals surface area contributed by atoms with Crippen molar-refractivity contribution in [3.05, 3.63) is 50.3 Å². The fourth-order valence-corrected chi connectivity index (χ4v) is 2.09. The van der Waals surface area contributed by atoms with E-state index < -0.39 is 10.9 Å². The first-order chi connectivity index (χ1) is 9.08. The number of nitrogens with one attached hydrogen (secondary N) is 1. The fourth-order valence-electron chi connectivity index (χ4n) is 1.42. The standard InChI is InChI=1S/C11H9N3O4S/c15-11(16)8-3-9(14(17)18)10(13-5-8)12-4-7-1-2-19-6-7/h1-3,5-6H,4H2,(H,12,13)(H,15,16). The van der Waals surface area contributed by atoms with E-state index in [2.05, 4.69) is 10.3 Å². The lowest BCUT2D eigenvalue weighted by atomic mass is 10.2. The van der Waals surface area contributed by atoms with Crippen LogP contribution in [-0.2, 0) is 6.54 Å². The molecule has 98 valence electrons. The highest BCUT2D eigenvalue weighted by molar-refractivity contribution is 7.07. The molecule has 2 aromatic heterocycles. The lowest BCUT2D eigenvalue weighted by molar-refractivity contribution is -0.384. The third kappa shape index (κ3) is 3.05. The minimum Gasteiger partial charge on any atom is -0.478 e. The number of hydrogen-bond donors (Lipinski definition) is 2. The smallest absolute Gasteiger partial charge is 0.337 e. The number of aromatic carboxylic acids is 1. The SMILES string of the molecule is O=C(O)c1cnc(NCc2ccsc2)c([N+](=O)[O-])c1. The Hall–Kier alpha value is -2.48. The van der Waals surface area contributed by atoms with E-state index in [0.717, 1.165) is 17.8 Å². The zero-order valence-corrected chi connectivity index (χ0v) is 10.4. The summed E-state index contributed by atoms with van der Waals surface area (Å²) in [4.78, 5) is 24.8. The molecule has 2 N–H and O–H groups in total. The van der Waals surface area contributed by atoms with Crippen molar-refractivity contribution in [2.24, 2.45) is 0 Å². The van der Waals surface area contributed by atoms with Gasteiger partial charge in [-0.3, -0.25) is 10.1 Å². The Morgan fingerprint density at radius 3 is 2.95 bits per heavy atom. The van der Waals surface area contributed by atoms with Crippen LogP contribution in [0.3, 0.4) is 0 Å². The Morgan fingerprint density at radius 2 is 2.37 bits per heavy atom. The zero-order chi connectivity index (χ0) is 13.8. The molecule has 0 spiro atoms. The molecule has 19 heavy (non-hydrogen) atoms. The van der Waals surface area contributed by atoms with E-state index in [1.165, 1.54) is 11.3 Å². The number of nitro groups is 1. The Balaban J connectivity index is 2.24. The van der Waals surface area contributed by atoms with Crippen LogP contribution in [0.5, 0.6) is 0 Å². The summed E-state index contributed by atoms with van der Waals surface area (Å²) in [7, 11) is 0. The number of anilines is 1. The van der Waals surface area contributed by atoms with Gasteiger partial charge in [0.25, 0.3) is 0 Å². The van der Waals surface area contributed by atoms with Gasteiger partial charge < -0.3 is 10.4 Å². The van der Waals surface area contributed by atoms with Gasteiger partial charge >= 0.3 is 11.7 Å². The molecule has 0 atom stereocenters. The summed E-state index contributed by atoms with van der Waals surface area (Å²) in [5, 5.41) is 26.3. The zero-order valence-electron chi connectivity index (χ0n) is 9.57. The lowest BCUT2D eigenvalue weighted by Gasteiger charge is -2.05. The summed E-state index contributed by atoms with van der Waals surface area (Å²) in [5.41, 5.74) is 0.409. The van der Waals surface area contributed by atoms with Crippen molar-refractivity contribution in [2.75, 3.05) is 5.32 Å². The average molecular weight is 279 g/mol. The van der Waals surface area contributed by atoms with Crippen LogP contribution in [-0.4, -0.2) is 21.0 Å². The number of carboxylic acid groups (broad SMARTS) is 1. The van der Waals surface area contributed by atoms with Crippen LogP contribution in [0.4, 0.5) is 11.5 Å². The van der Waals surface area contributed by atoms with Crippen molar-refractivity contribution in [2.45, 2.75) is 6.54 Å². The summed E-state index contributed by atoms with van der Waals surface area (Å²) in [6.45, 7) is 0.393. The van der Waals surface area contributed by atoms with Gasteiger partial charge in [-0.25, -0.2) is 9.78 Å². The molecule has 2 heterocycles. The van der Waals surface area contributed by atoms with Crippen molar-refractivity contribution < 1.29 is 14.8 Å².